The highest BCUT2D eigenvalue weighted by atomic mass is 32.2. The van der Waals surface area contributed by atoms with Crippen molar-refractivity contribution in [3.63, 3.8) is 0 Å². The molecule has 0 aliphatic carbocycles. The second kappa shape index (κ2) is 34.0. The summed E-state index contributed by atoms with van der Waals surface area (Å²) < 4.78 is 59.7. The lowest BCUT2D eigenvalue weighted by atomic mass is 9.87. The van der Waals surface area contributed by atoms with Gasteiger partial charge in [0.15, 0.2) is 13.2 Å². The summed E-state index contributed by atoms with van der Waals surface area (Å²) in [6, 6.07) is 41.4. The van der Waals surface area contributed by atoms with Crippen LogP contribution in [0.25, 0.3) is 0 Å². The molecule has 19 nitrogen and oxygen atoms in total. The van der Waals surface area contributed by atoms with Crippen LogP contribution in [-0.4, -0.2) is 130 Å². The molecule has 6 amide bonds. The lowest BCUT2D eigenvalue weighted by Crippen LogP contribution is -2.57. The van der Waals surface area contributed by atoms with Gasteiger partial charge in [-0.3, -0.25) is 28.8 Å². The fourth-order valence-corrected chi connectivity index (χ4v) is 14.7. The molecule has 2 aliphatic rings. The van der Waals surface area contributed by atoms with Crippen molar-refractivity contribution in [1.29, 1.82) is 0 Å². The van der Waals surface area contributed by atoms with Crippen LogP contribution in [0.2, 0.25) is 0 Å². The number of carbonyl (C=O) groups is 8. The molecule has 2 heterocycles. The maximum Gasteiger partial charge on any atom is 0.330 e. The summed E-state index contributed by atoms with van der Waals surface area (Å²) in [5.74, 6) is -5.40. The molecule has 0 aromatic heterocycles. The number of carboxylic acids is 1. The number of carboxylic acid groups (broad SMARTS) is 1. The Labute approximate surface area is 582 Å². The molecule has 2 aliphatic heterocycles. The number of aryl methyl sites for hydroxylation is 1. The first-order valence-electron chi connectivity index (χ1n) is 31.0. The molecule has 98 heavy (non-hydrogen) atoms. The van der Waals surface area contributed by atoms with Gasteiger partial charge in [0.05, 0.1) is 31.3 Å². The Hall–Kier alpha value is -8.95. The number of amides is 6. The van der Waals surface area contributed by atoms with E-state index in [-0.39, 0.29) is 40.6 Å². The van der Waals surface area contributed by atoms with Crippen LogP contribution in [0.3, 0.4) is 0 Å². The van der Waals surface area contributed by atoms with Gasteiger partial charge in [-0.1, -0.05) is 99.1 Å². The summed E-state index contributed by atoms with van der Waals surface area (Å²) in [7, 11) is 0. The van der Waals surface area contributed by atoms with Crippen LogP contribution in [0, 0.1) is 29.8 Å². The van der Waals surface area contributed by atoms with Gasteiger partial charge in [-0.2, -0.15) is 11.8 Å². The van der Waals surface area contributed by atoms with Crippen LogP contribution in [-0.2, 0) is 48.8 Å². The summed E-state index contributed by atoms with van der Waals surface area (Å²) >= 11 is 5.36. The largest absolute Gasteiger partial charge is 0.484 e. The Bertz CT molecular complexity index is 3930. The number of hydrogen-bond acceptors (Lipinski definition) is 16. The van der Waals surface area contributed by atoms with E-state index < -0.39 is 132 Å². The molecule has 9 rings (SSSR count). The first-order valence-corrected chi connectivity index (χ1v) is 35.5. The third-order valence-electron chi connectivity index (χ3n) is 15.9. The summed E-state index contributed by atoms with van der Waals surface area (Å²) in [5, 5.41) is 29.2. The number of rotatable bonds is 32. The fraction of sp³-hybridized carbons (Fsp3) is 0.306. The second-order valence-corrected chi connectivity index (χ2v) is 28.4. The maximum absolute atomic E-state index is 14.6. The molecule has 6 N–H and O–H groups in total. The van der Waals surface area contributed by atoms with Crippen LogP contribution in [0.5, 0.6) is 11.5 Å². The molecule has 2 fully saturated rings. The molecule has 2 saturated heterocycles. The molecule has 0 bridgehead atoms. The number of ether oxygens (including phenoxy) is 3. The predicted octanol–water partition coefficient (Wildman–Crippen LogP) is 10.3. The Morgan fingerprint density at radius 1 is 0.561 bits per heavy atom. The van der Waals surface area contributed by atoms with Gasteiger partial charge < -0.3 is 55.5 Å². The third kappa shape index (κ3) is 19.7. The first kappa shape index (κ1) is 73.3. The van der Waals surface area contributed by atoms with Crippen molar-refractivity contribution in [2.75, 3.05) is 59.6 Å². The maximum atomic E-state index is 14.6. The zero-order chi connectivity index (χ0) is 70.2. The summed E-state index contributed by atoms with van der Waals surface area (Å²) in [6.45, 7) is 4.94. The normalized spacial score (nSPS) is 17.0. The van der Waals surface area contributed by atoms with Gasteiger partial charge in [-0.05, 0) is 143 Å². The van der Waals surface area contributed by atoms with Crippen LogP contribution >= 0.6 is 47.0 Å². The molecular formula is C72H73F3N6O13S4. The standard InChI is InChI=1S/C72H73F3N6O13S4/c1-42-6-8-43(9-7-42)38-96-39-56(78-59(83)34-76-61(85)36-92-53-28-12-46(13-29-53)63-65(68(87)80(63)51-24-20-49(74)21-25-51)97-40-57(82)44-10-18-48(73)19-11-44)71(91)94-58(45-16-32-55(95-5)33-17-45)41-98-66-64(81(69(66)88)52-26-22-50(75)23-27-52)47-14-30-54(31-15-47)93-37-62(86)77-35-60(84)79-67(70(89)90)72(2,3)4/h6-33,56-58,63-67,82H,34-41H2,1-5H3,(H,76,85)(H,77,86)(H,78,83)(H,79,84)(H,89,90)/t56-,57?,58?,63-,64-,65-,66-,67+/m1/s1. The Kier molecular flexibility index (Phi) is 25.4. The van der Waals surface area contributed by atoms with Crippen molar-refractivity contribution in [1.82, 2.24) is 21.3 Å². The number of aliphatic hydroxyl groups is 1. The Morgan fingerprint density at radius 3 is 1.47 bits per heavy atom. The van der Waals surface area contributed by atoms with Gasteiger partial charge >= 0.3 is 11.9 Å². The fourth-order valence-electron chi connectivity index (χ4n) is 10.6. The van der Waals surface area contributed by atoms with Gasteiger partial charge in [0, 0.05) is 39.3 Å². The first-order chi connectivity index (χ1) is 46.9. The van der Waals surface area contributed by atoms with Gasteiger partial charge in [0.2, 0.25) is 23.6 Å². The molecule has 7 aromatic rings. The number of nitrogens with one attached hydrogen (secondary N) is 4. The Morgan fingerprint density at radius 2 is 1.01 bits per heavy atom. The van der Waals surface area contributed by atoms with Crippen LogP contribution in [0.4, 0.5) is 24.5 Å². The molecular weight excluding hydrogens is 1340 g/mol. The number of aliphatic hydroxyl groups excluding tert-OH is 1. The number of benzene rings is 7. The van der Waals surface area contributed by atoms with E-state index in [0.29, 0.717) is 39.4 Å². The summed E-state index contributed by atoms with van der Waals surface area (Å²) in [6.07, 6.45) is -0.0348. The zero-order valence-corrected chi connectivity index (χ0v) is 57.3. The number of aliphatic carboxylic acids is 1. The molecule has 0 radical (unpaired) electrons. The number of nitrogens with zero attached hydrogens (tertiary/aromatic N) is 2. The summed E-state index contributed by atoms with van der Waals surface area (Å²) in [5.41, 5.74) is 4.57. The van der Waals surface area contributed by atoms with E-state index in [0.717, 1.165) is 16.0 Å². The third-order valence-corrected chi connectivity index (χ3v) is 20.4. The molecule has 2 unspecified atom stereocenters. The molecule has 514 valence electrons. The van der Waals surface area contributed by atoms with E-state index in [1.54, 1.807) is 69.3 Å². The predicted molar refractivity (Wildman–Crippen MR) is 372 cm³/mol. The minimum Gasteiger partial charge on any atom is -0.484 e. The highest BCUT2D eigenvalue weighted by Crippen LogP contribution is 2.48. The highest BCUT2D eigenvalue weighted by Gasteiger charge is 2.51. The molecule has 0 saturated carbocycles. The molecule has 8 atom stereocenters. The van der Waals surface area contributed by atoms with Gasteiger partial charge in [0.25, 0.3) is 11.8 Å². The highest BCUT2D eigenvalue weighted by molar-refractivity contribution is 8.01. The monoisotopic (exact) mass is 1410 g/mol. The van der Waals surface area contributed by atoms with Crippen molar-refractivity contribution >= 4 is 106 Å². The topological polar surface area (TPSA) is 259 Å². The smallest absolute Gasteiger partial charge is 0.330 e. The average Bonchev–Trinajstić information content (AvgIpc) is 0.748. The van der Waals surface area contributed by atoms with Crippen molar-refractivity contribution < 1.29 is 76.0 Å². The van der Waals surface area contributed by atoms with Crippen LogP contribution in [0.1, 0.15) is 78.4 Å². The zero-order valence-electron chi connectivity index (χ0n) is 54.0. The lowest BCUT2D eigenvalue weighted by Gasteiger charge is -2.47. The van der Waals surface area contributed by atoms with Crippen LogP contribution < -0.4 is 40.5 Å². The number of halogens is 3. The molecule has 7 aromatic carbocycles. The van der Waals surface area contributed by atoms with Crippen LogP contribution in [0.15, 0.2) is 175 Å². The number of hydrogen-bond donors (Lipinski definition) is 6. The lowest BCUT2D eigenvalue weighted by molar-refractivity contribution is -0.151. The Balaban J connectivity index is 0.839. The number of β-lactam (4-membered cyclic amide) rings is 2. The van der Waals surface area contributed by atoms with E-state index in [2.05, 4.69) is 21.3 Å². The van der Waals surface area contributed by atoms with Crippen molar-refractivity contribution in [2.24, 2.45) is 5.41 Å². The van der Waals surface area contributed by atoms with Gasteiger partial charge in [-0.25, -0.2) is 22.8 Å². The SMILES string of the molecule is CSc1ccc(C(CS[C@H]2C(=O)N(c3ccc(F)cc3)[C@@H]2c2ccc(OCC(=O)NCC(=O)N[C@@H](C(=O)O)C(C)(C)C)cc2)OC(=O)[C@@H](CSCc2ccc(C)cc2)NC(=O)CNC(=O)COc2ccc([C@@H]3[C@@H](SCC(O)c4ccc(F)cc4)C(=O)N3c3ccc(F)cc3)cc2)cc1. The minimum absolute atomic E-state index is 0.0608. The number of anilines is 2. The van der Waals surface area contributed by atoms with E-state index in [1.807, 2.05) is 61.7 Å². The van der Waals surface area contributed by atoms with E-state index in [4.69, 9.17) is 14.2 Å². The van der Waals surface area contributed by atoms with E-state index >= 15 is 0 Å². The number of thioether (sulfide) groups is 4. The quantitative estimate of drug-likeness (QED) is 0.0130. The van der Waals surface area contributed by atoms with Gasteiger partial charge in [0.1, 0.15) is 57.6 Å². The second-order valence-electron chi connectivity index (χ2n) is 24.1. The van der Waals surface area contributed by atoms with Gasteiger partial charge in [-0.15, -0.1) is 35.3 Å². The average molecular weight is 1420 g/mol. The van der Waals surface area contributed by atoms with E-state index in [9.17, 15) is 61.7 Å². The molecule has 0 spiro atoms. The number of esters is 1. The van der Waals surface area contributed by atoms with E-state index in [1.165, 1.54) is 130 Å². The van der Waals surface area contributed by atoms with Crippen molar-refractivity contribution in [3.8, 4) is 11.5 Å². The summed E-state index contributed by atoms with van der Waals surface area (Å²) in [4.78, 5) is 111. The van der Waals surface area contributed by atoms with Crippen molar-refractivity contribution in [3.05, 3.63) is 221 Å². The minimum atomic E-state index is -1.23. The van der Waals surface area contributed by atoms with Crippen molar-refractivity contribution in [2.45, 2.75) is 85.2 Å². The molecule has 26 heteroatoms. The number of carbonyl (C=O) groups excluding carboxylic acids is 7.